The molecule has 10 nitrogen and oxygen atoms in total. The van der Waals surface area contributed by atoms with Gasteiger partial charge < -0.3 is 24.5 Å². The van der Waals surface area contributed by atoms with E-state index in [1.54, 1.807) is 24.3 Å². The van der Waals surface area contributed by atoms with Crippen LogP contribution in [-0.2, 0) is 12.0 Å². The molecule has 0 aliphatic carbocycles. The van der Waals surface area contributed by atoms with Crippen molar-refractivity contribution in [1.29, 1.82) is 0 Å². The van der Waals surface area contributed by atoms with Crippen molar-refractivity contribution in [3.05, 3.63) is 102 Å². The monoisotopic (exact) mass is 548 g/mol. The summed E-state index contributed by atoms with van der Waals surface area (Å²) >= 11 is 0. The van der Waals surface area contributed by atoms with Crippen LogP contribution in [0.15, 0.2) is 83.5 Å². The molecule has 0 unspecified atom stereocenters. The summed E-state index contributed by atoms with van der Waals surface area (Å²) in [6, 6.07) is 22.1. The number of urea groups is 1. The summed E-state index contributed by atoms with van der Waals surface area (Å²) in [5.41, 5.74) is 3.47. The Morgan fingerprint density at radius 1 is 0.902 bits per heavy atom. The van der Waals surface area contributed by atoms with Crippen LogP contribution in [0.5, 0.6) is 5.75 Å². The highest BCUT2D eigenvalue weighted by atomic mass is 16.5. The Labute approximate surface area is 235 Å². The van der Waals surface area contributed by atoms with Gasteiger partial charge in [0.15, 0.2) is 5.82 Å². The molecule has 4 N–H and O–H groups in total. The smallest absolute Gasteiger partial charge is 0.324 e. The molecule has 0 spiro atoms. The van der Waals surface area contributed by atoms with Crippen molar-refractivity contribution in [3.63, 3.8) is 0 Å². The van der Waals surface area contributed by atoms with Crippen LogP contribution >= 0.6 is 0 Å². The van der Waals surface area contributed by atoms with Crippen LogP contribution in [0, 0.1) is 0 Å². The lowest BCUT2D eigenvalue weighted by Gasteiger charge is -2.12. The van der Waals surface area contributed by atoms with Crippen molar-refractivity contribution in [1.82, 2.24) is 20.1 Å². The third kappa shape index (κ3) is 5.67. The molecule has 4 heterocycles. The number of H-pyrrole nitrogens is 2. The fraction of sp³-hybridized carbons (Fsp3) is 0.161. The van der Waals surface area contributed by atoms with Gasteiger partial charge in [-0.2, -0.15) is 0 Å². The van der Waals surface area contributed by atoms with E-state index in [1.165, 1.54) is 6.20 Å². The van der Waals surface area contributed by atoms with Gasteiger partial charge in [-0.1, -0.05) is 56.3 Å². The molecule has 2 amide bonds. The van der Waals surface area contributed by atoms with E-state index in [0.717, 1.165) is 22.2 Å². The number of hydrogen-bond acceptors (Lipinski definition) is 6. The molecule has 0 saturated carbocycles. The lowest BCUT2D eigenvalue weighted by Crippen LogP contribution is -2.19. The Hall–Kier alpha value is -5.38. The molecule has 10 heteroatoms. The molecule has 41 heavy (non-hydrogen) atoms. The first-order valence-electron chi connectivity index (χ1n) is 13.1. The van der Waals surface area contributed by atoms with Crippen molar-refractivity contribution < 1.29 is 18.8 Å². The number of carbonyl (C=O) groups is 2. The number of aromatic amines is 2. The highest BCUT2D eigenvalue weighted by Crippen LogP contribution is 2.26. The van der Waals surface area contributed by atoms with E-state index >= 15 is 0 Å². The highest BCUT2D eigenvalue weighted by Gasteiger charge is 2.21. The first-order chi connectivity index (χ1) is 19.7. The van der Waals surface area contributed by atoms with Gasteiger partial charge >= 0.3 is 6.03 Å². The molecule has 4 aromatic heterocycles. The van der Waals surface area contributed by atoms with Crippen LogP contribution in [0.3, 0.4) is 0 Å². The standard InChI is InChI=1S/C31H28N6O4/c1-31(2,3)26-15-27(37-41-26)36-30(39)33-21-11-20-14-25(35-29(20)32-16-21)28(38)24-13-19-12-22(9-10-23(19)34-24)40-17-18-7-5-4-6-8-18/h4-16,34H,17H2,1-3H3,(H,32,35)(H2,33,36,37,39). The van der Waals surface area contributed by atoms with Gasteiger partial charge in [-0.3, -0.25) is 10.1 Å². The normalized spacial score (nSPS) is 11.6. The van der Waals surface area contributed by atoms with Crippen molar-refractivity contribution in [2.75, 3.05) is 10.6 Å². The number of anilines is 2. The molecular weight excluding hydrogens is 520 g/mol. The molecule has 0 radical (unpaired) electrons. The molecular formula is C31H28N6O4. The summed E-state index contributed by atoms with van der Waals surface area (Å²) in [5.74, 6) is 1.48. The number of aromatic nitrogens is 4. The van der Waals surface area contributed by atoms with Gasteiger partial charge in [0.1, 0.15) is 23.8 Å². The zero-order chi connectivity index (χ0) is 28.6. The Morgan fingerprint density at radius 3 is 2.46 bits per heavy atom. The molecule has 6 aromatic rings. The molecule has 0 saturated heterocycles. The second-order valence-electron chi connectivity index (χ2n) is 10.8. The topological polar surface area (TPSA) is 138 Å². The lowest BCUT2D eigenvalue weighted by atomic mass is 9.93. The van der Waals surface area contributed by atoms with Crippen molar-refractivity contribution in [2.45, 2.75) is 32.8 Å². The minimum Gasteiger partial charge on any atom is -0.489 e. The summed E-state index contributed by atoms with van der Waals surface area (Å²) in [6.07, 6.45) is 1.51. The molecule has 0 bridgehead atoms. The van der Waals surface area contributed by atoms with Crippen molar-refractivity contribution in [3.8, 4) is 5.75 Å². The average Bonchev–Trinajstić information content (AvgIpc) is 3.69. The number of amides is 2. The summed E-state index contributed by atoms with van der Waals surface area (Å²) < 4.78 is 11.2. The number of rotatable bonds is 7. The van der Waals surface area contributed by atoms with Crippen molar-refractivity contribution >= 4 is 45.3 Å². The summed E-state index contributed by atoms with van der Waals surface area (Å²) in [7, 11) is 0. The predicted octanol–water partition coefficient (Wildman–Crippen LogP) is 6.78. The fourth-order valence-corrected chi connectivity index (χ4v) is 4.38. The lowest BCUT2D eigenvalue weighted by molar-refractivity contribution is 0.103. The first kappa shape index (κ1) is 25.9. The van der Waals surface area contributed by atoms with Crippen molar-refractivity contribution in [2.24, 2.45) is 0 Å². The van der Waals surface area contributed by atoms with E-state index in [9.17, 15) is 9.59 Å². The molecule has 0 fully saturated rings. The van der Waals surface area contributed by atoms with E-state index in [0.29, 0.717) is 46.3 Å². The SMILES string of the molecule is CC(C)(C)c1cc(NC(=O)Nc2cnc3[nH]c(C(=O)c4cc5cc(OCc6ccccc6)ccc5[nH]4)cc3c2)no1. The Kier molecular flexibility index (Phi) is 6.50. The number of ketones is 1. The fourth-order valence-electron chi connectivity index (χ4n) is 4.38. The number of carbonyl (C=O) groups excluding carboxylic acids is 2. The zero-order valence-electron chi connectivity index (χ0n) is 22.7. The summed E-state index contributed by atoms with van der Waals surface area (Å²) in [5, 5.41) is 10.8. The van der Waals surface area contributed by atoms with Crippen LogP contribution < -0.4 is 15.4 Å². The van der Waals surface area contributed by atoms with Gasteiger partial charge in [0.05, 0.1) is 23.3 Å². The van der Waals surface area contributed by atoms with Gasteiger partial charge in [-0.15, -0.1) is 0 Å². The van der Waals surface area contributed by atoms with E-state index < -0.39 is 6.03 Å². The maximum atomic E-state index is 13.3. The van der Waals surface area contributed by atoms with E-state index in [4.69, 9.17) is 9.26 Å². The minimum atomic E-state index is -0.489. The maximum Gasteiger partial charge on any atom is 0.324 e. The zero-order valence-corrected chi connectivity index (χ0v) is 22.7. The van der Waals surface area contributed by atoms with Crippen LogP contribution in [0.4, 0.5) is 16.3 Å². The maximum absolute atomic E-state index is 13.3. The number of ether oxygens (including phenoxy) is 1. The molecule has 0 aliphatic rings. The predicted molar refractivity (Wildman–Crippen MR) is 156 cm³/mol. The Morgan fingerprint density at radius 2 is 1.68 bits per heavy atom. The summed E-state index contributed by atoms with van der Waals surface area (Å²) in [4.78, 5) is 36.4. The van der Waals surface area contributed by atoms with Crippen LogP contribution in [0.2, 0.25) is 0 Å². The van der Waals surface area contributed by atoms with Gasteiger partial charge in [-0.05, 0) is 42.0 Å². The molecule has 0 aliphatic heterocycles. The van der Waals surface area contributed by atoms with E-state index in [2.05, 4.69) is 30.7 Å². The van der Waals surface area contributed by atoms with E-state index in [1.807, 2.05) is 69.3 Å². The minimum absolute atomic E-state index is 0.209. The van der Waals surface area contributed by atoms with Gasteiger partial charge in [0, 0.05) is 27.8 Å². The second kappa shape index (κ2) is 10.3. The third-order valence-corrected chi connectivity index (χ3v) is 6.55. The Balaban J connectivity index is 1.14. The number of nitrogens with one attached hydrogen (secondary N) is 4. The van der Waals surface area contributed by atoms with Gasteiger partial charge in [0.2, 0.25) is 5.78 Å². The van der Waals surface area contributed by atoms with E-state index in [-0.39, 0.29) is 11.2 Å². The van der Waals surface area contributed by atoms with Gasteiger partial charge in [-0.25, -0.2) is 9.78 Å². The summed E-state index contributed by atoms with van der Waals surface area (Å²) in [6.45, 7) is 6.43. The molecule has 0 atom stereocenters. The largest absolute Gasteiger partial charge is 0.489 e. The molecule has 6 rings (SSSR count). The number of nitrogens with zero attached hydrogens (tertiary/aromatic N) is 2. The molecule has 2 aromatic carbocycles. The van der Waals surface area contributed by atoms with Crippen LogP contribution in [-0.4, -0.2) is 31.9 Å². The Bertz CT molecular complexity index is 1880. The number of fused-ring (bicyclic) bond motifs is 2. The third-order valence-electron chi connectivity index (χ3n) is 6.55. The van der Waals surface area contributed by atoms with Crippen LogP contribution in [0.1, 0.15) is 48.3 Å². The second-order valence-corrected chi connectivity index (χ2v) is 10.8. The van der Waals surface area contributed by atoms with Crippen LogP contribution in [0.25, 0.3) is 21.9 Å². The average molecular weight is 549 g/mol. The molecule has 206 valence electrons. The van der Waals surface area contributed by atoms with Gasteiger partial charge in [0.25, 0.3) is 0 Å². The quantitative estimate of drug-likeness (QED) is 0.162. The number of pyridine rings is 1. The number of hydrogen-bond donors (Lipinski definition) is 4. The highest BCUT2D eigenvalue weighted by molar-refractivity contribution is 6.11. The number of benzene rings is 2. The first-order valence-corrected chi connectivity index (χ1v) is 13.1.